The summed E-state index contributed by atoms with van der Waals surface area (Å²) in [5.41, 5.74) is 2.58. The third-order valence-corrected chi connectivity index (χ3v) is 9.86. The molecule has 0 aliphatic carbocycles. The largest absolute Gasteiger partial charge is 0.348 e. The predicted molar refractivity (Wildman–Crippen MR) is 167 cm³/mol. The first-order chi connectivity index (χ1) is 20.7. The Bertz CT molecular complexity index is 1610. The Hall–Kier alpha value is -4.19. The molecule has 11 heteroatoms. The standard InChI is InChI=1S/C32H34N4O5S2/c1-23(25-12-6-3-7-13-25)15-17-29(37)36-27(22-24-10-4-2-5-11-24)31(38)32(39)34-20-21-35-43(40,41)30-18-16-28(42-30)26-14-8-9-19-33-26/h2-14,16,18-19,23,27,35H,15,17,20-22H2,1H3,(H,34,39)(H,36,37)/t23?,27-/m0/s1. The Kier molecular flexibility index (Phi) is 11.3. The maximum atomic E-state index is 13.1. The summed E-state index contributed by atoms with van der Waals surface area (Å²) in [7, 11) is -3.82. The number of nitrogens with zero attached hydrogens (tertiary/aromatic N) is 1. The van der Waals surface area contributed by atoms with Crippen LogP contribution in [0.25, 0.3) is 10.6 Å². The molecule has 4 rings (SSSR count). The highest BCUT2D eigenvalue weighted by Crippen LogP contribution is 2.29. The van der Waals surface area contributed by atoms with Crippen molar-refractivity contribution < 1.29 is 22.8 Å². The topological polar surface area (TPSA) is 134 Å². The third-order valence-electron chi connectivity index (χ3n) is 6.80. The van der Waals surface area contributed by atoms with Crippen LogP contribution in [0.4, 0.5) is 0 Å². The number of pyridine rings is 1. The molecule has 3 N–H and O–H groups in total. The zero-order valence-corrected chi connectivity index (χ0v) is 25.4. The summed E-state index contributed by atoms with van der Waals surface area (Å²) in [4.78, 5) is 43.7. The fourth-order valence-electron chi connectivity index (χ4n) is 4.41. The van der Waals surface area contributed by atoms with Crippen LogP contribution < -0.4 is 15.4 Å². The zero-order chi connectivity index (χ0) is 30.7. The first-order valence-corrected chi connectivity index (χ1v) is 16.2. The van der Waals surface area contributed by atoms with Crippen LogP contribution in [0.5, 0.6) is 0 Å². The van der Waals surface area contributed by atoms with E-state index < -0.39 is 27.8 Å². The fraction of sp³-hybridized carbons (Fsp3) is 0.250. The maximum absolute atomic E-state index is 13.1. The van der Waals surface area contributed by atoms with Gasteiger partial charge in [0, 0.05) is 32.1 Å². The molecule has 0 saturated heterocycles. The van der Waals surface area contributed by atoms with Crippen molar-refractivity contribution in [1.29, 1.82) is 0 Å². The lowest BCUT2D eigenvalue weighted by atomic mass is 9.96. The first kappa shape index (κ1) is 31.7. The summed E-state index contributed by atoms with van der Waals surface area (Å²) >= 11 is 1.08. The second-order valence-corrected chi connectivity index (χ2v) is 13.1. The number of carbonyl (C=O) groups is 3. The van der Waals surface area contributed by atoms with Crippen LogP contribution in [-0.2, 0) is 30.8 Å². The molecule has 9 nitrogen and oxygen atoms in total. The Morgan fingerprint density at radius 2 is 1.56 bits per heavy atom. The average molecular weight is 619 g/mol. The molecule has 0 fully saturated rings. The minimum atomic E-state index is -3.82. The molecular formula is C32H34N4O5S2. The Balaban J connectivity index is 1.30. The van der Waals surface area contributed by atoms with E-state index in [1.807, 2.05) is 73.7 Å². The number of hydrogen-bond donors (Lipinski definition) is 3. The Morgan fingerprint density at radius 1 is 0.860 bits per heavy atom. The molecule has 0 spiro atoms. The molecule has 1 unspecified atom stereocenters. The van der Waals surface area contributed by atoms with E-state index >= 15 is 0 Å². The summed E-state index contributed by atoms with van der Waals surface area (Å²) in [6, 6.07) is 26.5. The number of hydrogen-bond acceptors (Lipinski definition) is 7. The van der Waals surface area contributed by atoms with Crippen LogP contribution in [0.2, 0.25) is 0 Å². The Labute approximate surface area is 255 Å². The number of benzene rings is 2. The lowest BCUT2D eigenvalue weighted by molar-refractivity contribution is -0.140. The van der Waals surface area contributed by atoms with E-state index in [4.69, 9.17) is 0 Å². The van der Waals surface area contributed by atoms with Crippen molar-refractivity contribution >= 4 is 39.0 Å². The third kappa shape index (κ3) is 9.40. The number of rotatable bonds is 15. The maximum Gasteiger partial charge on any atom is 0.289 e. The second-order valence-electron chi connectivity index (χ2n) is 10.0. The number of ketones is 1. The summed E-state index contributed by atoms with van der Waals surface area (Å²) in [5.74, 6) is -1.86. The molecule has 0 bridgehead atoms. The van der Waals surface area contributed by atoms with E-state index in [9.17, 15) is 22.8 Å². The summed E-state index contributed by atoms with van der Waals surface area (Å²) in [6.07, 6.45) is 2.56. The number of carbonyl (C=O) groups excluding carboxylic acids is 3. The second kappa shape index (κ2) is 15.3. The van der Waals surface area contributed by atoms with Gasteiger partial charge in [-0.25, -0.2) is 13.1 Å². The molecule has 0 radical (unpaired) electrons. The fourth-order valence-corrected chi connectivity index (χ4v) is 6.77. The number of aromatic nitrogens is 1. The molecular weight excluding hydrogens is 585 g/mol. The smallest absolute Gasteiger partial charge is 0.289 e. The zero-order valence-electron chi connectivity index (χ0n) is 23.7. The average Bonchev–Trinajstić information content (AvgIpc) is 3.54. The van der Waals surface area contributed by atoms with Gasteiger partial charge >= 0.3 is 0 Å². The predicted octanol–water partition coefficient (Wildman–Crippen LogP) is 4.09. The molecule has 224 valence electrons. The lowest BCUT2D eigenvalue weighted by Crippen LogP contribution is -2.49. The van der Waals surface area contributed by atoms with Crippen LogP contribution in [0.1, 0.15) is 36.8 Å². The summed E-state index contributed by atoms with van der Waals surface area (Å²) < 4.78 is 28.0. The SMILES string of the molecule is CC(CCC(=O)N[C@@H](Cc1ccccc1)C(=O)C(=O)NCCNS(=O)(=O)c1ccc(-c2ccccn2)s1)c1ccccc1. The summed E-state index contributed by atoms with van der Waals surface area (Å²) in [5, 5.41) is 5.22. The highest BCUT2D eigenvalue weighted by Gasteiger charge is 2.27. The van der Waals surface area contributed by atoms with Gasteiger partial charge in [-0.05, 0) is 47.7 Å². The van der Waals surface area contributed by atoms with Crippen LogP contribution in [0.3, 0.4) is 0 Å². The van der Waals surface area contributed by atoms with E-state index in [0.29, 0.717) is 17.0 Å². The van der Waals surface area contributed by atoms with Gasteiger partial charge in [-0.2, -0.15) is 0 Å². The molecule has 2 heterocycles. The van der Waals surface area contributed by atoms with Crippen molar-refractivity contribution in [2.24, 2.45) is 0 Å². The number of amides is 2. The van der Waals surface area contributed by atoms with Gasteiger partial charge in [0.25, 0.3) is 5.91 Å². The van der Waals surface area contributed by atoms with Crippen LogP contribution in [0.15, 0.2) is 101 Å². The van der Waals surface area contributed by atoms with Gasteiger partial charge in [-0.3, -0.25) is 19.4 Å². The van der Waals surface area contributed by atoms with Gasteiger partial charge in [0.2, 0.25) is 21.7 Å². The van der Waals surface area contributed by atoms with Crippen LogP contribution in [0, 0.1) is 0 Å². The van der Waals surface area contributed by atoms with Crippen molar-refractivity contribution in [2.75, 3.05) is 13.1 Å². The quantitative estimate of drug-likeness (QED) is 0.136. The van der Waals surface area contributed by atoms with Crippen molar-refractivity contribution in [3.05, 3.63) is 108 Å². The minimum absolute atomic E-state index is 0.108. The van der Waals surface area contributed by atoms with Gasteiger partial charge in [0.1, 0.15) is 10.3 Å². The molecule has 2 aromatic heterocycles. The molecule has 0 aliphatic heterocycles. The van der Waals surface area contributed by atoms with E-state index in [2.05, 4.69) is 20.3 Å². The number of Topliss-reactive ketones (excluding diaryl/α,β-unsaturated/α-hetero) is 1. The van der Waals surface area contributed by atoms with Crippen molar-refractivity contribution in [2.45, 2.75) is 42.4 Å². The number of nitrogens with one attached hydrogen (secondary N) is 3. The van der Waals surface area contributed by atoms with E-state index in [-0.39, 0.29) is 42.0 Å². The normalized spacial score (nSPS) is 12.7. The van der Waals surface area contributed by atoms with Crippen molar-refractivity contribution in [1.82, 2.24) is 20.3 Å². The minimum Gasteiger partial charge on any atom is -0.348 e. The van der Waals surface area contributed by atoms with Crippen LogP contribution in [-0.4, -0.2) is 50.1 Å². The molecule has 43 heavy (non-hydrogen) atoms. The van der Waals surface area contributed by atoms with Crippen molar-refractivity contribution in [3.8, 4) is 10.6 Å². The molecule has 2 amide bonds. The number of thiophene rings is 1. The van der Waals surface area contributed by atoms with E-state index in [1.165, 1.54) is 6.07 Å². The Morgan fingerprint density at radius 3 is 2.26 bits per heavy atom. The highest BCUT2D eigenvalue weighted by atomic mass is 32.2. The van der Waals surface area contributed by atoms with Crippen LogP contribution >= 0.6 is 11.3 Å². The monoisotopic (exact) mass is 618 g/mol. The molecule has 2 atom stereocenters. The van der Waals surface area contributed by atoms with Gasteiger partial charge in [-0.15, -0.1) is 11.3 Å². The molecule has 0 saturated carbocycles. The molecule has 0 aliphatic rings. The summed E-state index contributed by atoms with van der Waals surface area (Å²) in [6.45, 7) is 1.81. The van der Waals surface area contributed by atoms with Gasteiger partial charge in [0.15, 0.2) is 0 Å². The van der Waals surface area contributed by atoms with E-state index in [0.717, 1.165) is 22.5 Å². The molecule has 2 aromatic carbocycles. The van der Waals surface area contributed by atoms with Crippen molar-refractivity contribution in [3.63, 3.8) is 0 Å². The lowest BCUT2D eigenvalue weighted by Gasteiger charge is -2.18. The highest BCUT2D eigenvalue weighted by molar-refractivity contribution is 7.91. The first-order valence-electron chi connectivity index (χ1n) is 13.9. The number of sulfonamides is 1. The van der Waals surface area contributed by atoms with E-state index in [1.54, 1.807) is 24.4 Å². The molecule has 4 aromatic rings. The van der Waals surface area contributed by atoms with Gasteiger partial charge in [-0.1, -0.05) is 73.7 Å². The van der Waals surface area contributed by atoms with Gasteiger partial charge in [0.05, 0.1) is 10.6 Å². The van der Waals surface area contributed by atoms with Gasteiger partial charge < -0.3 is 10.6 Å².